The van der Waals surface area contributed by atoms with Crippen LogP contribution in [0.25, 0.3) is 0 Å². The molecular formula is C10H21NO. The summed E-state index contributed by atoms with van der Waals surface area (Å²) in [6.07, 6.45) is 4.43. The van der Waals surface area contributed by atoms with E-state index in [4.69, 9.17) is 5.11 Å². The largest absolute Gasteiger partial charge is 0.400 e. The van der Waals surface area contributed by atoms with Gasteiger partial charge in [-0.15, -0.1) is 0 Å². The van der Waals surface area contributed by atoms with Gasteiger partial charge in [0.1, 0.15) is 0 Å². The van der Waals surface area contributed by atoms with Crippen LogP contribution in [0, 0.1) is 11.3 Å². The summed E-state index contributed by atoms with van der Waals surface area (Å²) in [7, 11) is 5.44. The molecule has 2 aliphatic carbocycles. The minimum Gasteiger partial charge on any atom is -0.400 e. The quantitative estimate of drug-likeness (QED) is 0.643. The first kappa shape index (κ1) is 10.0. The second-order valence-corrected chi connectivity index (χ2v) is 4.36. The summed E-state index contributed by atoms with van der Waals surface area (Å²) in [5.41, 5.74) is 0.795. The summed E-state index contributed by atoms with van der Waals surface area (Å²) in [6, 6.07) is 0.919. The van der Waals surface area contributed by atoms with Crippen molar-refractivity contribution in [2.45, 2.75) is 32.2 Å². The predicted octanol–water partition coefficient (Wildman–Crippen LogP) is 1.35. The van der Waals surface area contributed by atoms with Crippen LogP contribution in [0.2, 0.25) is 0 Å². The van der Waals surface area contributed by atoms with E-state index in [0.29, 0.717) is 0 Å². The van der Waals surface area contributed by atoms with Crippen LogP contribution >= 0.6 is 0 Å². The first-order chi connectivity index (χ1) is 5.67. The van der Waals surface area contributed by atoms with E-state index in [9.17, 15) is 0 Å². The number of hydrogen-bond donors (Lipinski definition) is 1. The maximum atomic E-state index is 7.00. The van der Waals surface area contributed by atoms with Crippen molar-refractivity contribution < 1.29 is 5.11 Å². The lowest BCUT2D eigenvalue weighted by molar-refractivity contribution is 0.0747. The van der Waals surface area contributed by atoms with Gasteiger partial charge in [0.15, 0.2) is 0 Å². The van der Waals surface area contributed by atoms with Crippen molar-refractivity contribution in [3.05, 3.63) is 0 Å². The highest BCUT2D eigenvalue weighted by Crippen LogP contribution is 2.66. The Kier molecular flexibility index (Phi) is 2.79. The Morgan fingerprint density at radius 2 is 1.83 bits per heavy atom. The van der Waals surface area contributed by atoms with Gasteiger partial charge in [0.05, 0.1) is 0 Å². The lowest BCUT2D eigenvalue weighted by Crippen LogP contribution is -2.45. The van der Waals surface area contributed by atoms with Crippen LogP contribution in [-0.2, 0) is 0 Å². The van der Waals surface area contributed by atoms with Gasteiger partial charge in [-0.05, 0) is 44.7 Å². The van der Waals surface area contributed by atoms with E-state index in [-0.39, 0.29) is 0 Å². The van der Waals surface area contributed by atoms with E-state index in [2.05, 4.69) is 25.9 Å². The van der Waals surface area contributed by atoms with Crippen LogP contribution in [0.3, 0.4) is 0 Å². The van der Waals surface area contributed by atoms with Gasteiger partial charge in [-0.2, -0.15) is 0 Å². The monoisotopic (exact) mass is 171 g/mol. The molecule has 72 valence electrons. The van der Waals surface area contributed by atoms with E-state index in [1.165, 1.54) is 19.3 Å². The number of hydrogen-bond acceptors (Lipinski definition) is 2. The molecule has 0 amide bonds. The first-order valence-electron chi connectivity index (χ1n) is 4.78. The Morgan fingerprint density at radius 1 is 1.33 bits per heavy atom. The van der Waals surface area contributed by atoms with Crippen molar-refractivity contribution in [3.63, 3.8) is 0 Å². The van der Waals surface area contributed by atoms with Gasteiger partial charge in [-0.3, -0.25) is 0 Å². The minimum atomic E-state index is 0.795. The maximum Gasteiger partial charge on any atom is 0.0319 e. The third-order valence-corrected chi connectivity index (χ3v) is 3.68. The Morgan fingerprint density at radius 3 is 1.92 bits per heavy atom. The number of aliphatic hydroxyl groups excluding tert-OH is 1. The average Bonchev–Trinajstić information content (AvgIpc) is 2.65. The normalized spacial score (nSPS) is 43.5. The molecule has 0 aromatic carbocycles. The minimum absolute atomic E-state index is 0.795. The van der Waals surface area contributed by atoms with Crippen LogP contribution < -0.4 is 0 Å². The summed E-state index contributed by atoms with van der Waals surface area (Å²) in [6.45, 7) is 2.40. The second kappa shape index (κ2) is 3.35. The van der Waals surface area contributed by atoms with E-state index in [1.54, 1.807) is 0 Å². The van der Waals surface area contributed by atoms with Gasteiger partial charge in [0.2, 0.25) is 0 Å². The van der Waals surface area contributed by atoms with Gasteiger partial charge < -0.3 is 10.0 Å². The Hall–Kier alpha value is -0.0800. The highest BCUT2D eigenvalue weighted by molar-refractivity contribution is 5.13. The molecular weight excluding hydrogens is 150 g/mol. The van der Waals surface area contributed by atoms with E-state index in [1.807, 2.05) is 0 Å². The van der Waals surface area contributed by atoms with Gasteiger partial charge in [-0.1, -0.05) is 6.92 Å². The fraction of sp³-hybridized carbons (Fsp3) is 1.00. The molecule has 0 aromatic rings. The average molecular weight is 171 g/mol. The summed E-state index contributed by atoms with van der Waals surface area (Å²) in [5.74, 6) is 1.02. The molecule has 2 fully saturated rings. The molecule has 2 rings (SSSR count). The van der Waals surface area contributed by atoms with Crippen LogP contribution in [-0.4, -0.2) is 37.3 Å². The zero-order valence-corrected chi connectivity index (χ0v) is 8.67. The van der Waals surface area contributed by atoms with Gasteiger partial charge in [-0.25, -0.2) is 0 Å². The molecule has 0 saturated heterocycles. The third kappa shape index (κ3) is 1.27. The molecule has 0 aliphatic heterocycles. The molecule has 0 heterocycles. The van der Waals surface area contributed by atoms with Crippen molar-refractivity contribution in [1.29, 1.82) is 0 Å². The van der Waals surface area contributed by atoms with Crippen molar-refractivity contribution in [3.8, 4) is 0 Å². The summed E-state index contributed by atoms with van der Waals surface area (Å²) < 4.78 is 0. The molecule has 2 nitrogen and oxygen atoms in total. The van der Waals surface area contributed by atoms with Crippen LogP contribution in [0.5, 0.6) is 0 Å². The molecule has 2 saturated carbocycles. The van der Waals surface area contributed by atoms with Crippen molar-refractivity contribution in [1.82, 2.24) is 4.90 Å². The smallest absolute Gasteiger partial charge is 0.0319 e. The molecule has 2 aliphatic rings. The molecule has 3 unspecified atom stereocenters. The van der Waals surface area contributed by atoms with Crippen molar-refractivity contribution in [2.24, 2.45) is 11.3 Å². The Bertz CT molecular complexity index is 154. The SMILES string of the molecule is CC1CC12CCC2N(C)C.CO. The Balaban J connectivity index is 0.000000336. The highest BCUT2D eigenvalue weighted by atomic mass is 16.2. The molecule has 3 atom stereocenters. The molecule has 2 heteroatoms. The number of aliphatic hydroxyl groups is 1. The standard InChI is InChI=1S/C9H17N.CH4O/c1-7-6-9(7)5-4-8(9)10(2)3;1-2/h7-8H,4-6H2,1-3H3;2H,1H3. The summed E-state index contributed by atoms with van der Waals surface area (Å²) in [5, 5.41) is 7.00. The molecule has 0 radical (unpaired) electrons. The Labute approximate surface area is 75.6 Å². The molecule has 0 aromatic heterocycles. The molecule has 1 N–H and O–H groups in total. The van der Waals surface area contributed by atoms with E-state index in [0.717, 1.165) is 24.5 Å². The lowest BCUT2D eigenvalue weighted by atomic mass is 9.74. The van der Waals surface area contributed by atoms with Crippen LogP contribution in [0.1, 0.15) is 26.2 Å². The van der Waals surface area contributed by atoms with Gasteiger partial charge in [0.25, 0.3) is 0 Å². The highest BCUT2D eigenvalue weighted by Gasteiger charge is 2.61. The summed E-state index contributed by atoms with van der Waals surface area (Å²) >= 11 is 0. The number of rotatable bonds is 1. The third-order valence-electron chi connectivity index (χ3n) is 3.68. The van der Waals surface area contributed by atoms with Crippen LogP contribution in [0.4, 0.5) is 0 Å². The lowest BCUT2D eigenvalue weighted by Gasteiger charge is -2.43. The van der Waals surface area contributed by atoms with Gasteiger partial charge in [0, 0.05) is 13.2 Å². The maximum absolute atomic E-state index is 7.00. The number of nitrogens with zero attached hydrogens (tertiary/aromatic N) is 1. The fourth-order valence-corrected chi connectivity index (χ4v) is 2.74. The zero-order chi connectivity index (χ0) is 9.35. The van der Waals surface area contributed by atoms with Gasteiger partial charge >= 0.3 is 0 Å². The fourth-order valence-electron chi connectivity index (χ4n) is 2.74. The molecule has 0 bridgehead atoms. The first-order valence-corrected chi connectivity index (χ1v) is 4.78. The topological polar surface area (TPSA) is 23.5 Å². The van der Waals surface area contributed by atoms with E-state index >= 15 is 0 Å². The zero-order valence-electron chi connectivity index (χ0n) is 8.67. The predicted molar refractivity (Wildman–Crippen MR) is 51.1 cm³/mol. The molecule has 1 spiro atoms. The van der Waals surface area contributed by atoms with Crippen LogP contribution in [0.15, 0.2) is 0 Å². The summed E-state index contributed by atoms with van der Waals surface area (Å²) in [4.78, 5) is 2.41. The molecule has 12 heavy (non-hydrogen) atoms. The van der Waals surface area contributed by atoms with Crippen molar-refractivity contribution in [2.75, 3.05) is 21.2 Å². The second-order valence-electron chi connectivity index (χ2n) is 4.36. The van der Waals surface area contributed by atoms with E-state index < -0.39 is 0 Å². The van der Waals surface area contributed by atoms with Crippen molar-refractivity contribution >= 4 is 0 Å².